The van der Waals surface area contributed by atoms with Gasteiger partial charge < -0.3 is 10.6 Å². The first-order valence-corrected chi connectivity index (χ1v) is 6.11. The van der Waals surface area contributed by atoms with E-state index in [0.29, 0.717) is 13.0 Å². The van der Waals surface area contributed by atoms with Crippen molar-refractivity contribution in [1.82, 2.24) is 10.6 Å². The molecule has 0 spiro atoms. The molecule has 1 atom stereocenters. The number of halogens is 2. The van der Waals surface area contributed by atoms with Crippen molar-refractivity contribution in [3.05, 3.63) is 35.4 Å². The molecule has 1 fully saturated rings. The molecule has 1 aromatic carbocycles. The molecular formula is C13H14F2N2O2. The first-order valence-electron chi connectivity index (χ1n) is 6.11. The van der Waals surface area contributed by atoms with Crippen molar-refractivity contribution in [3.63, 3.8) is 0 Å². The molecular weight excluding hydrogens is 254 g/mol. The topological polar surface area (TPSA) is 58.2 Å². The van der Waals surface area contributed by atoms with Crippen LogP contribution < -0.4 is 10.6 Å². The van der Waals surface area contributed by atoms with Crippen LogP contribution in [-0.4, -0.2) is 24.4 Å². The van der Waals surface area contributed by atoms with E-state index in [2.05, 4.69) is 10.6 Å². The number of nitrogens with one attached hydrogen (secondary N) is 2. The van der Waals surface area contributed by atoms with Gasteiger partial charge in [-0.25, -0.2) is 8.78 Å². The zero-order chi connectivity index (χ0) is 13.8. The second kappa shape index (κ2) is 5.77. The van der Waals surface area contributed by atoms with Gasteiger partial charge in [-0.3, -0.25) is 9.59 Å². The molecule has 1 aliphatic heterocycles. The van der Waals surface area contributed by atoms with Crippen LogP contribution in [0.2, 0.25) is 0 Å². The standard InChI is InChI=1S/C13H14F2N2O2/c14-8-4-5-10(15)9(7-8)12(18)17-11-3-1-2-6-16-13(11)19/h4-5,7,11H,1-3,6H2,(H,16,19)(H,17,18). The fourth-order valence-electron chi connectivity index (χ4n) is 1.98. The van der Waals surface area contributed by atoms with Gasteiger partial charge in [0.2, 0.25) is 5.91 Å². The number of carbonyl (C=O) groups excluding carboxylic acids is 2. The van der Waals surface area contributed by atoms with Crippen LogP contribution in [0, 0.1) is 11.6 Å². The van der Waals surface area contributed by atoms with Gasteiger partial charge in [-0.1, -0.05) is 0 Å². The van der Waals surface area contributed by atoms with Gasteiger partial charge in [-0.2, -0.15) is 0 Å². The molecule has 2 rings (SSSR count). The molecule has 0 aromatic heterocycles. The third-order valence-electron chi connectivity index (χ3n) is 3.01. The Labute approximate surface area is 109 Å². The van der Waals surface area contributed by atoms with E-state index in [1.54, 1.807) is 0 Å². The molecule has 19 heavy (non-hydrogen) atoms. The van der Waals surface area contributed by atoms with E-state index in [4.69, 9.17) is 0 Å². The molecule has 2 amide bonds. The maximum absolute atomic E-state index is 13.4. The molecule has 0 saturated carbocycles. The van der Waals surface area contributed by atoms with E-state index in [0.717, 1.165) is 31.0 Å². The average Bonchev–Trinajstić information content (AvgIpc) is 2.58. The lowest BCUT2D eigenvalue weighted by Crippen LogP contribution is -2.45. The number of carbonyl (C=O) groups is 2. The molecule has 1 heterocycles. The van der Waals surface area contributed by atoms with Gasteiger partial charge in [0.15, 0.2) is 0 Å². The molecule has 6 heteroatoms. The summed E-state index contributed by atoms with van der Waals surface area (Å²) in [4.78, 5) is 23.5. The minimum atomic E-state index is -0.812. The number of hydrogen-bond acceptors (Lipinski definition) is 2. The van der Waals surface area contributed by atoms with Crippen molar-refractivity contribution < 1.29 is 18.4 Å². The summed E-state index contributed by atoms with van der Waals surface area (Å²) >= 11 is 0. The maximum atomic E-state index is 13.4. The first-order chi connectivity index (χ1) is 9.08. The number of amides is 2. The summed E-state index contributed by atoms with van der Waals surface area (Å²) < 4.78 is 26.4. The summed E-state index contributed by atoms with van der Waals surface area (Å²) in [6.07, 6.45) is 2.12. The molecule has 0 bridgehead atoms. The van der Waals surface area contributed by atoms with Gasteiger partial charge in [0.1, 0.15) is 17.7 Å². The van der Waals surface area contributed by atoms with Crippen molar-refractivity contribution in [2.45, 2.75) is 25.3 Å². The average molecular weight is 268 g/mol. The van der Waals surface area contributed by atoms with E-state index in [-0.39, 0.29) is 5.91 Å². The normalized spacial score (nSPS) is 19.5. The summed E-state index contributed by atoms with van der Waals surface area (Å²) in [6, 6.07) is 1.94. The van der Waals surface area contributed by atoms with Crippen molar-refractivity contribution in [1.29, 1.82) is 0 Å². The SMILES string of the molecule is O=C(NC1CCCCNC1=O)c1cc(F)ccc1F. The van der Waals surface area contributed by atoms with Gasteiger partial charge in [0, 0.05) is 6.54 Å². The minimum Gasteiger partial charge on any atom is -0.354 e. The van der Waals surface area contributed by atoms with Crippen LogP contribution in [0.1, 0.15) is 29.6 Å². The number of benzene rings is 1. The molecule has 0 radical (unpaired) electrons. The lowest BCUT2D eigenvalue weighted by atomic mass is 10.1. The predicted octanol–water partition coefficient (Wildman–Crippen LogP) is 1.36. The Balaban J connectivity index is 2.11. The Morgan fingerprint density at radius 1 is 1.32 bits per heavy atom. The van der Waals surface area contributed by atoms with Gasteiger partial charge in [-0.15, -0.1) is 0 Å². The van der Waals surface area contributed by atoms with Crippen LogP contribution in [0.3, 0.4) is 0 Å². The van der Waals surface area contributed by atoms with Gasteiger partial charge >= 0.3 is 0 Å². The molecule has 1 saturated heterocycles. The Kier molecular flexibility index (Phi) is 4.09. The highest BCUT2D eigenvalue weighted by molar-refractivity contribution is 5.97. The smallest absolute Gasteiger partial charge is 0.255 e. The lowest BCUT2D eigenvalue weighted by molar-refractivity contribution is -0.122. The summed E-state index contributed by atoms with van der Waals surface area (Å²) in [5.41, 5.74) is -0.392. The second-order valence-electron chi connectivity index (χ2n) is 4.44. The molecule has 4 nitrogen and oxygen atoms in total. The van der Waals surface area contributed by atoms with Crippen LogP contribution in [0.4, 0.5) is 8.78 Å². The molecule has 1 aromatic rings. The molecule has 0 aliphatic carbocycles. The maximum Gasteiger partial charge on any atom is 0.255 e. The Bertz CT molecular complexity index is 505. The molecule has 102 valence electrons. The highest BCUT2D eigenvalue weighted by Crippen LogP contribution is 2.11. The summed E-state index contributed by atoms with van der Waals surface area (Å²) in [5, 5.41) is 5.09. The van der Waals surface area contributed by atoms with Gasteiger partial charge in [0.05, 0.1) is 5.56 Å². The Hall–Kier alpha value is -1.98. The van der Waals surface area contributed by atoms with E-state index in [1.165, 1.54) is 0 Å². The highest BCUT2D eigenvalue weighted by Gasteiger charge is 2.24. The third-order valence-corrected chi connectivity index (χ3v) is 3.01. The second-order valence-corrected chi connectivity index (χ2v) is 4.44. The largest absolute Gasteiger partial charge is 0.354 e. The zero-order valence-corrected chi connectivity index (χ0v) is 10.2. The van der Waals surface area contributed by atoms with Gasteiger partial charge in [0.25, 0.3) is 5.91 Å². The van der Waals surface area contributed by atoms with Crippen LogP contribution in [-0.2, 0) is 4.79 Å². The highest BCUT2D eigenvalue weighted by atomic mass is 19.1. The van der Waals surface area contributed by atoms with E-state index >= 15 is 0 Å². The van der Waals surface area contributed by atoms with Gasteiger partial charge in [-0.05, 0) is 37.5 Å². The van der Waals surface area contributed by atoms with Crippen LogP contribution in [0.5, 0.6) is 0 Å². The lowest BCUT2D eigenvalue weighted by Gasteiger charge is -2.15. The van der Waals surface area contributed by atoms with Crippen molar-refractivity contribution in [3.8, 4) is 0 Å². The Morgan fingerprint density at radius 3 is 2.89 bits per heavy atom. The predicted molar refractivity (Wildman–Crippen MR) is 64.5 cm³/mol. The quantitative estimate of drug-likeness (QED) is 0.851. The monoisotopic (exact) mass is 268 g/mol. The van der Waals surface area contributed by atoms with E-state index in [9.17, 15) is 18.4 Å². The fraction of sp³-hybridized carbons (Fsp3) is 0.385. The van der Waals surface area contributed by atoms with Crippen LogP contribution in [0.25, 0.3) is 0 Å². The Morgan fingerprint density at radius 2 is 2.11 bits per heavy atom. The van der Waals surface area contributed by atoms with E-state index in [1.807, 2.05) is 0 Å². The van der Waals surface area contributed by atoms with Crippen LogP contribution >= 0.6 is 0 Å². The third kappa shape index (κ3) is 3.27. The summed E-state index contributed by atoms with van der Waals surface area (Å²) in [7, 11) is 0. The minimum absolute atomic E-state index is 0.289. The van der Waals surface area contributed by atoms with Crippen molar-refractivity contribution >= 4 is 11.8 Å². The fourth-order valence-corrected chi connectivity index (χ4v) is 1.98. The first kappa shape index (κ1) is 13.5. The van der Waals surface area contributed by atoms with E-state index < -0.39 is 29.1 Å². The summed E-state index contributed by atoms with van der Waals surface area (Å²) in [5.74, 6) is -2.58. The number of rotatable bonds is 2. The summed E-state index contributed by atoms with van der Waals surface area (Å²) in [6.45, 7) is 0.569. The molecule has 1 aliphatic rings. The number of hydrogen-bond donors (Lipinski definition) is 2. The van der Waals surface area contributed by atoms with Crippen molar-refractivity contribution in [2.24, 2.45) is 0 Å². The van der Waals surface area contributed by atoms with Crippen molar-refractivity contribution in [2.75, 3.05) is 6.54 Å². The molecule has 1 unspecified atom stereocenters. The van der Waals surface area contributed by atoms with Crippen LogP contribution in [0.15, 0.2) is 18.2 Å². The molecule has 2 N–H and O–H groups in total. The zero-order valence-electron chi connectivity index (χ0n) is 10.2.